The molecule has 1 fully saturated rings. The number of benzene rings is 2. The average Bonchev–Trinajstić information content (AvgIpc) is 2.69. The van der Waals surface area contributed by atoms with E-state index >= 15 is 0 Å². The number of rotatable bonds is 4. The van der Waals surface area contributed by atoms with Gasteiger partial charge in [0, 0.05) is 26.2 Å². The van der Waals surface area contributed by atoms with Crippen molar-refractivity contribution in [2.75, 3.05) is 26.2 Å². The van der Waals surface area contributed by atoms with Crippen molar-refractivity contribution in [3.05, 3.63) is 70.5 Å². The Balaban J connectivity index is 1.58. The Morgan fingerprint density at radius 3 is 2.14 bits per heavy atom. The molecule has 7 heteroatoms. The first-order valence-electron chi connectivity index (χ1n) is 9.00. The fourth-order valence-corrected chi connectivity index (χ4v) is 3.14. The van der Waals surface area contributed by atoms with Gasteiger partial charge in [-0.15, -0.1) is 0 Å². The van der Waals surface area contributed by atoms with E-state index in [2.05, 4.69) is 0 Å². The number of carbonyl (C=O) groups is 3. The third kappa shape index (κ3) is 4.36. The fraction of sp³-hybridized carbons (Fsp3) is 0.286. The third-order valence-electron chi connectivity index (χ3n) is 4.84. The molecule has 2 aromatic carbocycles. The lowest BCUT2D eigenvalue weighted by Gasteiger charge is -2.35. The Kier molecular flexibility index (Phi) is 5.73. The standard InChI is InChI=1S/C21H21FN2O4/c1-14-2-4-15(5-3-14)12-19(25)23-8-10-24(11-9-23)20(26)17-7-6-16(21(27)28)13-18(17)22/h2-7,13H,8-12H2,1H3,(H,27,28). The van der Waals surface area contributed by atoms with Crippen LogP contribution in [-0.2, 0) is 11.2 Å². The quantitative estimate of drug-likeness (QED) is 0.878. The van der Waals surface area contributed by atoms with E-state index in [1.807, 2.05) is 31.2 Å². The zero-order chi connectivity index (χ0) is 20.3. The van der Waals surface area contributed by atoms with Gasteiger partial charge in [0.2, 0.25) is 5.91 Å². The van der Waals surface area contributed by atoms with Crippen LogP contribution >= 0.6 is 0 Å². The summed E-state index contributed by atoms with van der Waals surface area (Å²) in [4.78, 5) is 39.1. The van der Waals surface area contributed by atoms with Crippen LogP contribution in [0.4, 0.5) is 4.39 Å². The van der Waals surface area contributed by atoms with Gasteiger partial charge in [-0.1, -0.05) is 29.8 Å². The van der Waals surface area contributed by atoms with Gasteiger partial charge in [-0.3, -0.25) is 9.59 Å². The predicted octanol–water partition coefficient (Wildman–Crippen LogP) is 2.36. The molecule has 2 amide bonds. The number of halogens is 1. The van der Waals surface area contributed by atoms with Crippen LogP contribution in [0.25, 0.3) is 0 Å². The van der Waals surface area contributed by atoms with Gasteiger partial charge in [0.15, 0.2) is 0 Å². The van der Waals surface area contributed by atoms with Gasteiger partial charge in [0.25, 0.3) is 5.91 Å². The maximum Gasteiger partial charge on any atom is 0.335 e. The van der Waals surface area contributed by atoms with E-state index in [9.17, 15) is 18.8 Å². The number of nitrogens with zero attached hydrogens (tertiary/aromatic N) is 2. The number of hydrogen-bond donors (Lipinski definition) is 1. The molecule has 0 atom stereocenters. The van der Waals surface area contributed by atoms with Gasteiger partial charge in [0.1, 0.15) is 5.82 Å². The summed E-state index contributed by atoms with van der Waals surface area (Å²) in [7, 11) is 0. The number of piperazine rings is 1. The molecule has 2 aromatic rings. The maximum absolute atomic E-state index is 14.1. The lowest BCUT2D eigenvalue weighted by Crippen LogP contribution is -2.51. The van der Waals surface area contributed by atoms with E-state index in [1.54, 1.807) is 4.90 Å². The van der Waals surface area contributed by atoms with E-state index < -0.39 is 17.7 Å². The first kappa shape index (κ1) is 19.5. The summed E-state index contributed by atoms with van der Waals surface area (Å²) >= 11 is 0. The second-order valence-electron chi connectivity index (χ2n) is 6.84. The normalized spacial score (nSPS) is 14.1. The average molecular weight is 384 g/mol. The summed E-state index contributed by atoms with van der Waals surface area (Å²) in [6, 6.07) is 11.0. The van der Waals surface area contributed by atoms with Crippen LogP contribution in [-0.4, -0.2) is 58.9 Å². The maximum atomic E-state index is 14.1. The molecule has 0 aromatic heterocycles. The number of carboxylic acids is 1. The number of amides is 2. The Bertz CT molecular complexity index is 903. The molecule has 0 unspecified atom stereocenters. The minimum atomic E-state index is -1.25. The first-order chi connectivity index (χ1) is 13.3. The summed E-state index contributed by atoms with van der Waals surface area (Å²) in [5, 5.41) is 8.89. The van der Waals surface area contributed by atoms with Gasteiger partial charge in [-0.2, -0.15) is 0 Å². The van der Waals surface area contributed by atoms with Gasteiger partial charge >= 0.3 is 5.97 Å². The summed E-state index contributed by atoms with van der Waals surface area (Å²) < 4.78 is 14.1. The Morgan fingerprint density at radius 2 is 1.57 bits per heavy atom. The highest BCUT2D eigenvalue weighted by Crippen LogP contribution is 2.15. The summed E-state index contributed by atoms with van der Waals surface area (Å²) in [5.74, 6) is -2.62. The second-order valence-corrected chi connectivity index (χ2v) is 6.84. The van der Waals surface area contributed by atoms with Crippen molar-refractivity contribution in [3.8, 4) is 0 Å². The number of aromatic carboxylic acids is 1. The zero-order valence-corrected chi connectivity index (χ0v) is 15.5. The van der Waals surface area contributed by atoms with Crippen LogP contribution in [0, 0.1) is 12.7 Å². The number of hydrogen-bond acceptors (Lipinski definition) is 3. The van der Waals surface area contributed by atoms with Crippen LogP contribution in [0.1, 0.15) is 31.8 Å². The van der Waals surface area contributed by atoms with E-state index in [0.29, 0.717) is 32.6 Å². The molecule has 6 nitrogen and oxygen atoms in total. The highest BCUT2D eigenvalue weighted by molar-refractivity contribution is 5.96. The van der Waals surface area contributed by atoms with E-state index in [0.717, 1.165) is 17.2 Å². The molecular formula is C21H21FN2O4. The smallest absolute Gasteiger partial charge is 0.335 e. The Hall–Kier alpha value is -3.22. The summed E-state index contributed by atoms with van der Waals surface area (Å²) in [6.45, 7) is 3.35. The largest absolute Gasteiger partial charge is 0.478 e. The van der Waals surface area contributed by atoms with E-state index in [4.69, 9.17) is 5.11 Å². The fourth-order valence-electron chi connectivity index (χ4n) is 3.14. The summed E-state index contributed by atoms with van der Waals surface area (Å²) in [6.07, 6.45) is 0.305. The number of carboxylic acid groups (broad SMARTS) is 1. The molecule has 0 saturated carbocycles. The zero-order valence-electron chi connectivity index (χ0n) is 15.5. The van der Waals surface area contributed by atoms with Gasteiger partial charge in [-0.05, 0) is 30.7 Å². The van der Waals surface area contributed by atoms with Gasteiger partial charge < -0.3 is 14.9 Å². The molecule has 0 bridgehead atoms. The lowest BCUT2D eigenvalue weighted by molar-refractivity contribution is -0.131. The molecule has 146 valence electrons. The highest BCUT2D eigenvalue weighted by atomic mass is 19.1. The van der Waals surface area contributed by atoms with Crippen molar-refractivity contribution >= 4 is 17.8 Å². The molecule has 1 aliphatic heterocycles. The SMILES string of the molecule is Cc1ccc(CC(=O)N2CCN(C(=O)c3ccc(C(=O)O)cc3F)CC2)cc1. The Labute approximate surface area is 162 Å². The lowest BCUT2D eigenvalue weighted by atomic mass is 10.1. The van der Waals surface area contributed by atoms with Crippen molar-refractivity contribution in [2.24, 2.45) is 0 Å². The van der Waals surface area contributed by atoms with E-state index in [-0.39, 0.29) is 17.0 Å². The molecule has 28 heavy (non-hydrogen) atoms. The van der Waals surface area contributed by atoms with Crippen LogP contribution in [0.5, 0.6) is 0 Å². The van der Waals surface area contributed by atoms with Crippen molar-refractivity contribution in [1.82, 2.24) is 9.80 Å². The molecule has 0 spiro atoms. The molecule has 1 N–H and O–H groups in total. The first-order valence-corrected chi connectivity index (χ1v) is 9.00. The minimum absolute atomic E-state index is 0.00653. The molecule has 1 aliphatic rings. The molecule has 3 rings (SSSR count). The van der Waals surface area contributed by atoms with E-state index in [1.165, 1.54) is 17.0 Å². The van der Waals surface area contributed by atoms with Gasteiger partial charge in [-0.25, -0.2) is 9.18 Å². The van der Waals surface area contributed by atoms with Gasteiger partial charge in [0.05, 0.1) is 17.5 Å². The van der Waals surface area contributed by atoms with Crippen LogP contribution in [0.2, 0.25) is 0 Å². The predicted molar refractivity (Wildman–Crippen MR) is 101 cm³/mol. The minimum Gasteiger partial charge on any atom is -0.478 e. The van der Waals surface area contributed by atoms with Crippen molar-refractivity contribution in [3.63, 3.8) is 0 Å². The van der Waals surface area contributed by atoms with Crippen molar-refractivity contribution < 1.29 is 23.9 Å². The van der Waals surface area contributed by atoms with Crippen LogP contribution in [0.3, 0.4) is 0 Å². The molecule has 1 saturated heterocycles. The van der Waals surface area contributed by atoms with Crippen LogP contribution in [0.15, 0.2) is 42.5 Å². The molecule has 0 aliphatic carbocycles. The van der Waals surface area contributed by atoms with Crippen LogP contribution < -0.4 is 0 Å². The molecule has 1 heterocycles. The molecular weight excluding hydrogens is 363 g/mol. The summed E-state index contributed by atoms with van der Waals surface area (Å²) in [5.41, 5.74) is 1.70. The second kappa shape index (κ2) is 8.21. The monoisotopic (exact) mass is 384 g/mol. The number of aryl methyl sites for hydroxylation is 1. The number of carbonyl (C=O) groups excluding carboxylic acids is 2. The van der Waals surface area contributed by atoms with Crippen molar-refractivity contribution in [1.29, 1.82) is 0 Å². The Morgan fingerprint density at radius 1 is 0.964 bits per heavy atom. The topological polar surface area (TPSA) is 77.9 Å². The molecule has 0 radical (unpaired) electrons. The van der Waals surface area contributed by atoms with Crippen molar-refractivity contribution in [2.45, 2.75) is 13.3 Å². The highest BCUT2D eigenvalue weighted by Gasteiger charge is 2.26. The third-order valence-corrected chi connectivity index (χ3v) is 4.84.